The topological polar surface area (TPSA) is 42.1 Å². The lowest BCUT2D eigenvalue weighted by Crippen LogP contribution is -2.12. The summed E-state index contributed by atoms with van der Waals surface area (Å²) in [5.74, 6) is 0.0738. The normalized spacial score (nSPS) is 10.6. The fourth-order valence-corrected chi connectivity index (χ4v) is 1.53. The minimum absolute atomic E-state index is 0.0738. The average molecular weight is 268 g/mol. The lowest BCUT2D eigenvalue weighted by molar-refractivity contribution is 0.145. The van der Waals surface area contributed by atoms with Crippen molar-refractivity contribution in [3.8, 4) is 5.88 Å². The summed E-state index contributed by atoms with van der Waals surface area (Å²) in [6.07, 6.45) is -2.71. The van der Waals surface area contributed by atoms with E-state index in [4.69, 9.17) is 4.74 Å². The summed E-state index contributed by atoms with van der Waals surface area (Å²) in [6, 6.07) is 0.879. The Morgan fingerprint density at radius 1 is 1.64 bits per heavy atom. The molecule has 0 radical (unpaired) electrons. The van der Waals surface area contributed by atoms with Gasteiger partial charge in [0.1, 0.15) is 0 Å². The van der Waals surface area contributed by atoms with Crippen LogP contribution in [0.1, 0.15) is 17.7 Å². The van der Waals surface area contributed by atoms with Crippen LogP contribution in [-0.4, -0.2) is 12.1 Å². The number of hydrogen-bond donors (Lipinski definition) is 1. The first-order chi connectivity index (χ1) is 6.60. The lowest BCUT2D eigenvalue weighted by Gasteiger charge is -2.07. The minimum atomic E-state index is -2.71. The zero-order valence-corrected chi connectivity index (χ0v) is 8.90. The molecular weight excluding hydrogens is 260 g/mol. The maximum atomic E-state index is 12.3. The highest BCUT2D eigenvalue weighted by atomic mass is 79.9. The number of ether oxygens (including phenoxy) is 1. The Morgan fingerprint density at radius 2 is 2.29 bits per heavy atom. The quantitative estimate of drug-likeness (QED) is 0.854. The summed E-state index contributed by atoms with van der Waals surface area (Å²) < 4.78 is 29.3. The van der Waals surface area contributed by atoms with Crippen LogP contribution in [0.5, 0.6) is 5.88 Å². The van der Waals surface area contributed by atoms with Crippen LogP contribution in [-0.2, 0) is 5.33 Å². The van der Waals surface area contributed by atoms with E-state index in [9.17, 15) is 13.6 Å². The molecule has 0 amide bonds. The number of rotatable bonds is 3. The van der Waals surface area contributed by atoms with Gasteiger partial charge < -0.3 is 9.72 Å². The Morgan fingerprint density at radius 3 is 2.71 bits per heavy atom. The Labute approximate surface area is 87.2 Å². The SMILES string of the molecule is COc1[nH]c(C(F)F)cc(=O)c1CBr. The Kier molecular flexibility index (Phi) is 3.62. The van der Waals surface area contributed by atoms with E-state index in [1.807, 2.05) is 0 Å². The molecule has 1 N–H and O–H groups in total. The smallest absolute Gasteiger partial charge is 0.278 e. The monoisotopic (exact) mass is 267 g/mol. The van der Waals surface area contributed by atoms with Crippen LogP contribution in [0.15, 0.2) is 10.9 Å². The molecule has 1 rings (SSSR count). The molecule has 1 heterocycles. The zero-order chi connectivity index (χ0) is 10.7. The molecule has 0 atom stereocenters. The van der Waals surface area contributed by atoms with Crippen molar-refractivity contribution in [2.75, 3.05) is 7.11 Å². The average Bonchev–Trinajstić information content (AvgIpc) is 2.16. The molecule has 3 nitrogen and oxygen atoms in total. The predicted octanol–water partition coefficient (Wildman–Crippen LogP) is 2.22. The highest BCUT2D eigenvalue weighted by Gasteiger charge is 2.14. The summed E-state index contributed by atoms with van der Waals surface area (Å²) in [4.78, 5) is 13.6. The molecule has 0 aliphatic heterocycles. The number of H-pyrrole nitrogens is 1. The van der Waals surface area contributed by atoms with Gasteiger partial charge in [-0.3, -0.25) is 4.79 Å². The van der Waals surface area contributed by atoms with Crippen LogP contribution in [0.3, 0.4) is 0 Å². The molecule has 0 bridgehead atoms. The van der Waals surface area contributed by atoms with E-state index in [2.05, 4.69) is 20.9 Å². The van der Waals surface area contributed by atoms with Crippen LogP contribution in [0.2, 0.25) is 0 Å². The zero-order valence-electron chi connectivity index (χ0n) is 7.31. The van der Waals surface area contributed by atoms with Crippen LogP contribution in [0.4, 0.5) is 8.78 Å². The van der Waals surface area contributed by atoms with Gasteiger partial charge in [0, 0.05) is 11.4 Å². The second-order valence-electron chi connectivity index (χ2n) is 2.54. The highest BCUT2D eigenvalue weighted by Crippen LogP contribution is 2.20. The van der Waals surface area contributed by atoms with Gasteiger partial charge in [-0.2, -0.15) is 0 Å². The van der Waals surface area contributed by atoms with Crippen molar-refractivity contribution in [2.24, 2.45) is 0 Å². The Bertz CT molecular complexity index is 378. The number of halogens is 3. The largest absolute Gasteiger partial charge is 0.482 e. The Balaban J connectivity index is 3.32. The van der Waals surface area contributed by atoms with Gasteiger partial charge in [0.05, 0.1) is 18.4 Å². The standard InChI is InChI=1S/C8H8BrF2NO2/c1-14-8-4(3-9)6(13)2-5(12-8)7(10)11/h2,7H,3H2,1H3,(H,12,13). The summed E-state index contributed by atoms with van der Waals surface area (Å²) in [7, 11) is 1.31. The third kappa shape index (κ3) is 2.12. The van der Waals surface area contributed by atoms with Crippen LogP contribution < -0.4 is 10.2 Å². The van der Waals surface area contributed by atoms with Crippen LogP contribution >= 0.6 is 15.9 Å². The van der Waals surface area contributed by atoms with Crippen molar-refractivity contribution in [1.82, 2.24) is 4.98 Å². The number of methoxy groups -OCH3 is 1. The third-order valence-electron chi connectivity index (χ3n) is 1.69. The molecule has 0 aliphatic rings. The molecule has 1 aromatic rings. The number of alkyl halides is 3. The summed E-state index contributed by atoms with van der Waals surface area (Å²) in [6.45, 7) is 0. The molecule has 0 unspecified atom stereocenters. The molecular formula is C8H8BrF2NO2. The number of nitrogens with one attached hydrogen (secondary N) is 1. The van der Waals surface area contributed by atoms with E-state index in [-0.39, 0.29) is 11.2 Å². The molecule has 0 aliphatic carbocycles. The van der Waals surface area contributed by atoms with Crippen molar-refractivity contribution >= 4 is 15.9 Å². The van der Waals surface area contributed by atoms with Crippen LogP contribution in [0, 0.1) is 0 Å². The second kappa shape index (κ2) is 4.54. The first-order valence-corrected chi connectivity index (χ1v) is 4.86. The Hall–Kier alpha value is -0.910. The molecule has 0 fully saturated rings. The highest BCUT2D eigenvalue weighted by molar-refractivity contribution is 9.08. The number of aromatic amines is 1. The van der Waals surface area contributed by atoms with E-state index in [0.29, 0.717) is 5.56 Å². The number of hydrogen-bond acceptors (Lipinski definition) is 2. The summed E-state index contributed by atoms with van der Waals surface area (Å²) >= 11 is 3.07. The maximum absolute atomic E-state index is 12.3. The van der Waals surface area contributed by atoms with Crippen molar-refractivity contribution in [1.29, 1.82) is 0 Å². The molecule has 1 aromatic heterocycles. The van der Waals surface area contributed by atoms with Crippen molar-refractivity contribution in [3.05, 3.63) is 27.5 Å². The van der Waals surface area contributed by atoms with E-state index < -0.39 is 17.5 Å². The third-order valence-corrected chi connectivity index (χ3v) is 2.25. The fourth-order valence-electron chi connectivity index (χ4n) is 1.00. The first kappa shape index (κ1) is 11.2. The molecule has 0 saturated heterocycles. The van der Waals surface area contributed by atoms with Gasteiger partial charge in [0.2, 0.25) is 0 Å². The predicted molar refractivity (Wildman–Crippen MR) is 51.2 cm³/mol. The van der Waals surface area contributed by atoms with Gasteiger partial charge in [0.15, 0.2) is 11.3 Å². The maximum Gasteiger partial charge on any atom is 0.278 e. The summed E-state index contributed by atoms with van der Waals surface area (Å²) in [5.41, 5.74) is -0.596. The molecule has 0 spiro atoms. The first-order valence-electron chi connectivity index (χ1n) is 3.74. The molecule has 0 aromatic carbocycles. The van der Waals surface area contributed by atoms with Gasteiger partial charge >= 0.3 is 0 Å². The lowest BCUT2D eigenvalue weighted by atomic mass is 10.2. The number of pyridine rings is 1. The molecule has 0 saturated carbocycles. The van der Waals surface area contributed by atoms with Gasteiger partial charge in [-0.25, -0.2) is 8.78 Å². The van der Waals surface area contributed by atoms with E-state index in [0.717, 1.165) is 6.07 Å². The molecule has 6 heteroatoms. The molecule has 14 heavy (non-hydrogen) atoms. The van der Waals surface area contributed by atoms with Gasteiger partial charge in [-0.1, -0.05) is 15.9 Å². The fraction of sp³-hybridized carbons (Fsp3) is 0.375. The van der Waals surface area contributed by atoms with Gasteiger partial charge in [-0.05, 0) is 0 Å². The van der Waals surface area contributed by atoms with Crippen molar-refractivity contribution < 1.29 is 13.5 Å². The van der Waals surface area contributed by atoms with E-state index in [1.165, 1.54) is 7.11 Å². The second-order valence-corrected chi connectivity index (χ2v) is 3.10. The van der Waals surface area contributed by atoms with E-state index >= 15 is 0 Å². The molecule has 78 valence electrons. The van der Waals surface area contributed by atoms with Crippen molar-refractivity contribution in [3.63, 3.8) is 0 Å². The minimum Gasteiger partial charge on any atom is -0.482 e. The summed E-state index contributed by atoms with van der Waals surface area (Å²) in [5, 5.41) is 0.259. The van der Waals surface area contributed by atoms with Crippen LogP contribution in [0.25, 0.3) is 0 Å². The van der Waals surface area contributed by atoms with Crippen molar-refractivity contribution in [2.45, 2.75) is 11.8 Å². The van der Waals surface area contributed by atoms with E-state index in [1.54, 1.807) is 0 Å². The van der Waals surface area contributed by atoms with Gasteiger partial charge in [-0.15, -0.1) is 0 Å². The van der Waals surface area contributed by atoms with Gasteiger partial charge in [0.25, 0.3) is 6.43 Å². The number of aromatic nitrogens is 1.